The summed E-state index contributed by atoms with van der Waals surface area (Å²) in [5.41, 5.74) is 1.87. The summed E-state index contributed by atoms with van der Waals surface area (Å²) in [5, 5.41) is 0. The molecule has 0 aliphatic carbocycles. The van der Waals surface area contributed by atoms with Gasteiger partial charge in [0.05, 0.1) is 0 Å². The fourth-order valence-corrected chi connectivity index (χ4v) is 1.74. The number of halogens is 2. The molecule has 1 aromatic carbocycles. The molecular formula is C13H12BrFN2. The molecule has 0 saturated carbocycles. The molecule has 0 unspecified atom stereocenters. The SMILES string of the molecule is Cc1cc(N(C)c2cccc(F)c2)ncc1Br. The highest BCUT2D eigenvalue weighted by Crippen LogP contribution is 2.25. The van der Waals surface area contributed by atoms with Gasteiger partial charge >= 0.3 is 0 Å². The van der Waals surface area contributed by atoms with Crippen LogP contribution in [0.5, 0.6) is 0 Å². The number of hydrogen-bond donors (Lipinski definition) is 0. The minimum absolute atomic E-state index is 0.247. The Balaban J connectivity index is 2.36. The van der Waals surface area contributed by atoms with Crippen molar-refractivity contribution in [2.24, 2.45) is 0 Å². The number of anilines is 2. The van der Waals surface area contributed by atoms with E-state index in [1.165, 1.54) is 12.1 Å². The van der Waals surface area contributed by atoms with E-state index in [9.17, 15) is 4.39 Å². The van der Waals surface area contributed by atoms with Gasteiger partial charge in [-0.3, -0.25) is 0 Å². The molecule has 0 radical (unpaired) electrons. The highest BCUT2D eigenvalue weighted by atomic mass is 79.9. The van der Waals surface area contributed by atoms with Crippen LogP contribution in [-0.4, -0.2) is 12.0 Å². The Morgan fingerprint density at radius 2 is 2.06 bits per heavy atom. The van der Waals surface area contributed by atoms with Gasteiger partial charge in [0.2, 0.25) is 0 Å². The number of aryl methyl sites for hydroxylation is 1. The first-order valence-corrected chi connectivity index (χ1v) is 5.98. The van der Waals surface area contributed by atoms with Gasteiger partial charge in [0.25, 0.3) is 0 Å². The van der Waals surface area contributed by atoms with Crippen molar-refractivity contribution in [1.29, 1.82) is 0 Å². The lowest BCUT2D eigenvalue weighted by atomic mass is 10.2. The summed E-state index contributed by atoms with van der Waals surface area (Å²) in [5.74, 6) is 0.541. The van der Waals surface area contributed by atoms with Crippen LogP contribution < -0.4 is 4.90 Å². The zero-order valence-corrected chi connectivity index (χ0v) is 11.2. The highest BCUT2D eigenvalue weighted by Gasteiger charge is 2.07. The standard InChI is InChI=1S/C13H12BrFN2/c1-9-6-13(16-8-12(9)14)17(2)11-5-3-4-10(15)7-11/h3-8H,1-2H3. The van der Waals surface area contributed by atoms with E-state index in [0.717, 1.165) is 21.5 Å². The monoisotopic (exact) mass is 294 g/mol. The van der Waals surface area contributed by atoms with Crippen molar-refractivity contribution in [2.75, 3.05) is 11.9 Å². The van der Waals surface area contributed by atoms with Crippen LogP contribution in [0.3, 0.4) is 0 Å². The van der Waals surface area contributed by atoms with E-state index >= 15 is 0 Å². The lowest BCUT2D eigenvalue weighted by Crippen LogP contribution is -2.11. The Labute approximate surface area is 108 Å². The number of hydrogen-bond acceptors (Lipinski definition) is 2. The Hall–Kier alpha value is -1.42. The maximum absolute atomic E-state index is 13.1. The van der Waals surface area contributed by atoms with Crippen molar-refractivity contribution in [3.05, 3.63) is 52.4 Å². The van der Waals surface area contributed by atoms with Gasteiger partial charge in [-0.1, -0.05) is 6.07 Å². The maximum Gasteiger partial charge on any atom is 0.132 e. The molecule has 0 saturated heterocycles. The quantitative estimate of drug-likeness (QED) is 0.830. The summed E-state index contributed by atoms with van der Waals surface area (Å²) in [6, 6.07) is 8.40. The second-order valence-electron chi connectivity index (χ2n) is 3.83. The molecule has 2 nitrogen and oxygen atoms in total. The fourth-order valence-electron chi connectivity index (χ4n) is 1.52. The van der Waals surface area contributed by atoms with Crippen molar-refractivity contribution >= 4 is 27.4 Å². The number of rotatable bonds is 2. The second kappa shape index (κ2) is 4.84. The van der Waals surface area contributed by atoms with Crippen LogP contribution >= 0.6 is 15.9 Å². The third kappa shape index (κ3) is 2.64. The molecule has 0 aliphatic heterocycles. The first kappa shape index (κ1) is 12.0. The van der Waals surface area contributed by atoms with Crippen molar-refractivity contribution in [3.8, 4) is 0 Å². The molecule has 0 spiro atoms. The van der Waals surface area contributed by atoms with Crippen LogP contribution in [0, 0.1) is 12.7 Å². The van der Waals surface area contributed by atoms with Gasteiger partial charge in [-0.2, -0.15) is 0 Å². The normalized spacial score (nSPS) is 10.4. The minimum Gasteiger partial charge on any atom is -0.329 e. The molecule has 1 heterocycles. The predicted molar refractivity (Wildman–Crippen MR) is 71.1 cm³/mol. The molecule has 0 aliphatic rings. The van der Waals surface area contributed by atoms with Crippen molar-refractivity contribution in [1.82, 2.24) is 4.98 Å². The lowest BCUT2D eigenvalue weighted by molar-refractivity contribution is 0.628. The van der Waals surface area contributed by atoms with Gasteiger partial charge in [-0.15, -0.1) is 0 Å². The summed E-state index contributed by atoms with van der Waals surface area (Å²) >= 11 is 3.41. The zero-order valence-electron chi connectivity index (χ0n) is 9.61. The highest BCUT2D eigenvalue weighted by molar-refractivity contribution is 9.10. The molecule has 4 heteroatoms. The smallest absolute Gasteiger partial charge is 0.132 e. The van der Waals surface area contributed by atoms with Gasteiger partial charge in [0.15, 0.2) is 0 Å². The zero-order chi connectivity index (χ0) is 12.4. The van der Waals surface area contributed by atoms with E-state index in [1.54, 1.807) is 12.3 Å². The lowest BCUT2D eigenvalue weighted by Gasteiger charge is -2.18. The van der Waals surface area contributed by atoms with Gasteiger partial charge in [0, 0.05) is 23.4 Å². The first-order chi connectivity index (χ1) is 8.08. The fraction of sp³-hybridized carbons (Fsp3) is 0.154. The number of benzene rings is 1. The van der Waals surface area contributed by atoms with E-state index in [-0.39, 0.29) is 5.82 Å². The average Bonchev–Trinajstić information content (AvgIpc) is 2.32. The molecule has 88 valence electrons. The number of aromatic nitrogens is 1. The third-order valence-electron chi connectivity index (χ3n) is 2.57. The third-order valence-corrected chi connectivity index (χ3v) is 3.40. The van der Waals surface area contributed by atoms with Crippen LogP contribution in [0.15, 0.2) is 41.0 Å². The predicted octanol–water partition coefficient (Wildman–Crippen LogP) is 4.06. The van der Waals surface area contributed by atoms with E-state index in [2.05, 4.69) is 20.9 Å². The molecular weight excluding hydrogens is 283 g/mol. The van der Waals surface area contributed by atoms with Gasteiger partial charge < -0.3 is 4.90 Å². The summed E-state index contributed by atoms with van der Waals surface area (Å²) in [6.45, 7) is 1.99. The van der Waals surface area contributed by atoms with E-state index in [4.69, 9.17) is 0 Å². The molecule has 0 amide bonds. The first-order valence-electron chi connectivity index (χ1n) is 5.19. The number of nitrogens with zero attached hydrogens (tertiary/aromatic N) is 2. The molecule has 2 aromatic rings. The Bertz CT molecular complexity index is 543. The minimum atomic E-state index is -0.247. The molecule has 17 heavy (non-hydrogen) atoms. The van der Waals surface area contributed by atoms with Crippen LogP contribution in [0.1, 0.15) is 5.56 Å². The number of pyridine rings is 1. The van der Waals surface area contributed by atoms with Crippen LogP contribution in [0.4, 0.5) is 15.9 Å². The van der Waals surface area contributed by atoms with E-state index in [0.29, 0.717) is 0 Å². The van der Waals surface area contributed by atoms with Crippen molar-refractivity contribution in [3.63, 3.8) is 0 Å². The summed E-state index contributed by atoms with van der Waals surface area (Å²) in [7, 11) is 1.87. The Kier molecular flexibility index (Phi) is 3.43. The summed E-state index contributed by atoms with van der Waals surface area (Å²) in [6.07, 6.45) is 1.75. The molecule has 0 fully saturated rings. The Morgan fingerprint density at radius 3 is 2.71 bits per heavy atom. The topological polar surface area (TPSA) is 16.1 Å². The van der Waals surface area contributed by atoms with Crippen molar-refractivity contribution < 1.29 is 4.39 Å². The van der Waals surface area contributed by atoms with Gasteiger partial charge in [-0.05, 0) is 52.7 Å². The Morgan fingerprint density at radius 1 is 1.29 bits per heavy atom. The molecule has 1 aromatic heterocycles. The van der Waals surface area contributed by atoms with E-state index in [1.807, 2.05) is 31.0 Å². The average molecular weight is 295 g/mol. The van der Waals surface area contributed by atoms with Gasteiger partial charge in [-0.25, -0.2) is 9.37 Å². The second-order valence-corrected chi connectivity index (χ2v) is 4.68. The van der Waals surface area contributed by atoms with E-state index < -0.39 is 0 Å². The van der Waals surface area contributed by atoms with Crippen LogP contribution in [0.25, 0.3) is 0 Å². The molecule has 0 atom stereocenters. The molecule has 2 rings (SSSR count). The summed E-state index contributed by atoms with van der Waals surface area (Å²) < 4.78 is 14.1. The van der Waals surface area contributed by atoms with Crippen LogP contribution in [0.2, 0.25) is 0 Å². The molecule has 0 N–H and O–H groups in total. The van der Waals surface area contributed by atoms with Crippen LogP contribution in [-0.2, 0) is 0 Å². The van der Waals surface area contributed by atoms with Crippen molar-refractivity contribution in [2.45, 2.75) is 6.92 Å². The summed E-state index contributed by atoms with van der Waals surface area (Å²) in [4.78, 5) is 6.15. The molecule has 0 bridgehead atoms. The van der Waals surface area contributed by atoms with Gasteiger partial charge in [0.1, 0.15) is 11.6 Å². The maximum atomic E-state index is 13.1. The largest absolute Gasteiger partial charge is 0.329 e.